The van der Waals surface area contributed by atoms with Gasteiger partial charge in [-0.25, -0.2) is 4.58 Å². The van der Waals surface area contributed by atoms with Crippen molar-refractivity contribution >= 4 is 27.9 Å². The van der Waals surface area contributed by atoms with Crippen LogP contribution in [0.2, 0.25) is 0 Å². The average molecular weight is 722 g/mol. The molecule has 0 radical (unpaired) electrons. The second kappa shape index (κ2) is 17.0. The van der Waals surface area contributed by atoms with Crippen LogP contribution in [0.15, 0.2) is 81.8 Å². The summed E-state index contributed by atoms with van der Waals surface area (Å²) in [7, 11) is -0.978. The zero-order chi connectivity index (χ0) is 37.4. The van der Waals surface area contributed by atoms with E-state index in [0.29, 0.717) is 26.2 Å². The number of hydrogen-bond donors (Lipinski definition) is 2. The van der Waals surface area contributed by atoms with Crippen LogP contribution in [0.3, 0.4) is 0 Å². The Morgan fingerprint density at radius 3 is 2.29 bits per heavy atom. The van der Waals surface area contributed by atoms with Gasteiger partial charge in [-0.3, -0.25) is 9.35 Å². The number of carboxylic acids is 1. The highest BCUT2D eigenvalue weighted by atomic mass is 32.2. The van der Waals surface area contributed by atoms with Gasteiger partial charge in [-0.1, -0.05) is 59.3 Å². The monoisotopic (exact) mass is 721 g/mol. The van der Waals surface area contributed by atoms with Gasteiger partial charge in [-0.15, -0.1) is 0 Å². The van der Waals surface area contributed by atoms with Crippen molar-refractivity contribution in [2.24, 2.45) is 0 Å². The van der Waals surface area contributed by atoms with Crippen molar-refractivity contribution in [1.82, 2.24) is 4.58 Å². The third kappa shape index (κ3) is 10.1. The molecule has 0 fully saturated rings. The fourth-order valence-corrected chi connectivity index (χ4v) is 7.01. The number of carboxylic acid groups (broad SMARTS) is 1. The molecule has 0 bridgehead atoms. The van der Waals surface area contributed by atoms with Crippen molar-refractivity contribution in [3.63, 3.8) is 0 Å². The van der Waals surface area contributed by atoms with Gasteiger partial charge in [0.05, 0.1) is 11.0 Å². The maximum absolute atomic E-state index is 12.0. The second-order valence-corrected chi connectivity index (χ2v) is 15.8. The number of hydrogen-bond acceptors (Lipinski definition) is 7. The SMILES string of the molecule is COCC[N+](CCOC)=c1ccc2c(C(C)(C)C)cc(/C=C/C=C/C=C3/N(CCCCCC(=O)O)c4ccc(S(=O)(=O)O)cc4C3(C)C)oc-2c1. The summed E-state index contributed by atoms with van der Waals surface area (Å²) in [4.78, 5) is 13.0. The number of methoxy groups -OCH3 is 2. The fourth-order valence-electron chi connectivity index (χ4n) is 6.51. The number of fused-ring (bicyclic) bond motifs is 2. The first-order valence-electron chi connectivity index (χ1n) is 17.4. The smallest absolute Gasteiger partial charge is 0.303 e. The maximum atomic E-state index is 12.0. The molecule has 0 aromatic heterocycles. The Morgan fingerprint density at radius 1 is 0.961 bits per heavy atom. The largest absolute Gasteiger partial charge is 0.481 e. The zero-order valence-electron chi connectivity index (χ0n) is 30.9. The summed E-state index contributed by atoms with van der Waals surface area (Å²) in [6.07, 6.45) is 12.0. The maximum Gasteiger partial charge on any atom is 0.303 e. The lowest BCUT2D eigenvalue weighted by Gasteiger charge is -2.27. The number of ether oxygens (including phenoxy) is 2. The Kier molecular flexibility index (Phi) is 13.2. The van der Waals surface area contributed by atoms with E-state index in [1.54, 1.807) is 26.4 Å². The summed E-state index contributed by atoms with van der Waals surface area (Å²) in [5.74, 6) is 0.702. The summed E-state index contributed by atoms with van der Waals surface area (Å²) in [6.45, 7) is 13.9. The molecule has 2 aliphatic heterocycles. The molecule has 4 rings (SSSR count). The highest BCUT2D eigenvalue weighted by Gasteiger charge is 2.40. The first-order chi connectivity index (χ1) is 24.1. The molecule has 11 heteroatoms. The van der Waals surface area contributed by atoms with Gasteiger partial charge in [0.25, 0.3) is 10.1 Å². The number of nitrogens with zero attached hydrogens (tertiary/aromatic N) is 2. The van der Waals surface area contributed by atoms with Gasteiger partial charge in [0.2, 0.25) is 5.36 Å². The number of unbranched alkanes of at least 4 members (excludes halogenated alkanes) is 2. The first kappa shape index (κ1) is 39.8. The van der Waals surface area contributed by atoms with Crippen LogP contribution in [0.25, 0.3) is 17.4 Å². The molecule has 2 N–H and O–H groups in total. The number of aliphatic carboxylic acids is 1. The Bertz CT molecular complexity index is 1920. The summed E-state index contributed by atoms with van der Waals surface area (Å²) >= 11 is 0. The molecule has 2 heterocycles. The van der Waals surface area contributed by atoms with E-state index in [-0.39, 0.29) is 16.7 Å². The molecule has 0 saturated carbocycles. The molecular weight excluding hydrogens is 669 g/mol. The van der Waals surface area contributed by atoms with Crippen molar-refractivity contribution in [3.8, 4) is 11.3 Å². The number of carbonyl (C=O) groups is 1. The van der Waals surface area contributed by atoms with Crippen LogP contribution in [-0.4, -0.2) is 71.1 Å². The van der Waals surface area contributed by atoms with Crippen molar-refractivity contribution in [2.45, 2.75) is 76.0 Å². The molecule has 1 aromatic rings. The summed E-state index contributed by atoms with van der Waals surface area (Å²) in [6, 6.07) is 13.1. The van der Waals surface area contributed by atoms with Crippen molar-refractivity contribution in [3.05, 3.63) is 94.7 Å². The Labute approximate surface area is 302 Å². The van der Waals surface area contributed by atoms with Crippen LogP contribution in [0.5, 0.6) is 0 Å². The Hall–Kier alpha value is -4.03. The number of rotatable bonds is 16. The lowest BCUT2D eigenvalue weighted by atomic mass is 9.83. The van der Waals surface area contributed by atoms with E-state index < -0.39 is 21.5 Å². The van der Waals surface area contributed by atoms with Crippen LogP contribution >= 0.6 is 0 Å². The van der Waals surface area contributed by atoms with Crippen LogP contribution in [0.1, 0.15) is 77.2 Å². The molecule has 0 spiro atoms. The van der Waals surface area contributed by atoms with E-state index in [1.165, 1.54) is 11.6 Å². The van der Waals surface area contributed by atoms with Crippen LogP contribution in [0.4, 0.5) is 5.69 Å². The van der Waals surface area contributed by atoms with Crippen molar-refractivity contribution < 1.29 is 36.8 Å². The molecule has 0 amide bonds. The normalized spacial score (nSPS) is 15.5. The van der Waals surface area contributed by atoms with E-state index in [9.17, 15) is 17.8 Å². The Balaban J connectivity index is 1.68. The van der Waals surface area contributed by atoms with E-state index >= 15 is 0 Å². The zero-order valence-corrected chi connectivity index (χ0v) is 31.8. The lowest BCUT2D eigenvalue weighted by molar-refractivity contribution is -0.137. The molecule has 0 saturated heterocycles. The van der Waals surface area contributed by atoms with Gasteiger partial charge in [0, 0.05) is 55.6 Å². The predicted molar refractivity (Wildman–Crippen MR) is 202 cm³/mol. The van der Waals surface area contributed by atoms with Gasteiger partial charge < -0.3 is 23.9 Å². The van der Waals surface area contributed by atoms with Gasteiger partial charge in [0.15, 0.2) is 13.1 Å². The Morgan fingerprint density at radius 2 is 1.67 bits per heavy atom. The molecule has 276 valence electrons. The third-order valence-corrected chi connectivity index (χ3v) is 10.1. The van der Waals surface area contributed by atoms with Crippen LogP contribution < -0.4 is 14.8 Å². The summed E-state index contributed by atoms with van der Waals surface area (Å²) in [5.41, 5.74) is 4.19. The first-order valence-corrected chi connectivity index (χ1v) is 18.8. The average Bonchev–Trinajstić information content (AvgIpc) is 3.27. The van der Waals surface area contributed by atoms with Crippen molar-refractivity contribution in [2.75, 3.05) is 52.0 Å². The van der Waals surface area contributed by atoms with E-state index in [1.807, 2.05) is 44.2 Å². The number of allylic oxidation sites excluding steroid dienone is 5. The molecule has 10 nitrogen and oxygen atoms in total. The minimum Gasteiger partial charge on any atom is -0.481 e. The molecule has 1 aliphatic carbocycles. The second-order valence-electron chi connectivity index (χ2n) is 14.4. The van der Waals surface area contributed by atoms with E-state index in [4.69, 9.17) is 19.0 Å². The molecule has 0 atom stereocenters. The van der Waals surface area contributed by atoms with Crippen molar-refractivity contribution in [1.29, 1.82) is 0 Å². The van der Waals surface area contributed by atoms with Gasteiger partial charge >= 0.3 is 5.97 Å². The number of anilines is 1. The molecule has 0 unspecified atom stereocenters. The topological polar surface area (TPSA) is 130 Å². The summed E-state index contributed by atoms with van der Waals surface area (Å²) in [5, 5.41) is 10.1. The van der Waals surface area contributed by atoms with E-state index in [2.05, 4.69) is 54.5 Å². The van der Waals surface area contributed by atoms with Gasteiger partial charge in [-0.2, -0.15) is 8.42 Å². The molecular formula is C40H53N2O8S+. The minimum absolute atomic E-state index is 0.124. The fraction of sp³-hybridized carbons (Fsp3) is 0.450. The van der Waals surface area contributed by atoms with Gasteiger partial charge in [0.1, 0.15) is 24.7 Å². The standard InChI is InChI=1S/C40H52N2O8S/c1-39(2,3)33-27-30(50-36-26-29(17-19-32(33)36)41(22-24-48-6)23-25-49-7)14-10-8-11-15-37-40(4,5)34-28-31(51(45,46)47)18-20-35(34)42(37)21-13-9-12-16-38(43)44/h8,10-11,14-15,17-20,26-28H,9,12-13,16,21-25H2,1-7H3,(H-,43,44,45,46,47)/p+1. The lowest BCUT2D eigenvalue weighted by Crippen LogP contribution is -2.35. The molecule has 1 aromatic carbocycles. The number of benzene rings is 2. The molecule has 51 heavy (non-hydrogen) atoms. The van der Waals surface area contributed by atoms with E-state index in [0.717, 1.165) is 65.3 Å². The quantitative estimate of drug-likeness (QED) is 0.0703. The third-order valence-electron chi connectivity index (χ3n) is 9.24. The predicted octanol–water partition coefficient (Wildman–Crippen LogP) is 6.89. The van der Waals surface area contributed by atoms with Gasteiger partial charge in [-0.05, 0) is 71.9 Å². The minimum atomic E-state index is -4.37. The van der Waals surface area contributed by atoms with Crippen LogP contribution in [0, 0.1) is 0 Å². The highest BCUT2D eigenvalue weighted by molar-refractivity contribution is 7.85. The molecule has 3 aliphatic rings. The highest BCUT2D eigenvalue weighted by Crippen LogP contribution is 2.48. The van der Waals surface area contributed by atoms with Crippen LogP contribution in [-0.2, 0) is 35.2 Å². The summed E-state index contributed by atoms with van der Waals surface area (Å²) < 4.78 is 53.1.